The normalized spacial score (nSPS) is 26.5. The van der Waals surface area contributed by atoms with Crippen molar-refractivity contribution in [1.29, 1.82) is 0 Å². The lowest BCUT2D eigenvalue weighted by Gasteiger charge is -2.44. The standard InChI is InChI=1S/C31H39F3N2O6/c1-7-30(28(38)39)25(29(3,4)5)24(42-17-19-15-20(31(32,33)34)16-35-26(19)40-6)23(21-12-9-8-11-18(21)2)36(30)27(37)22-13-10-14-41-22/h8-9,11-12,15-16,22-25H,7,10,13-14,17H2,1-6H3,(H,38,39)/t22?,23-,24+,25+,30-/m0/s1. The summed E-state index contributed by atoms with van der Waals surface area (Å²) in [5.41, 5.74) is -1.76. The van der Waals surface area contributed by atoms with E-state index in [1.54, 1.807) is 6.92 Å². The molecule has 0 spiro atoms. The maximum atomic E-state index is 14.3. The molecular weight excluding hydrogens is 553 g/mol. The average Bonchev–Trinajstić information content (AvgIpc) is 3.56. The number of likely N-dealkylation sites (tertiary alicyclic amines) is 1. The molecule has 1 amide bonds. The lowest BCUT2D eigenvalue weighted by atomic mass is 9.66. The fourth-order valence-corrected chi connectivity index (χ4v) is 6.80. The van der Waals surface area contributed by atoms with Gasteiger partial charge in [-0.25, -0.2) is 9.78 Å². The first-order valence-electron chi connectivity index (χ1n) is 14.1. The molecule has 1 aromatic heterocycles. The number of hydrogen-bond donors (Lipinski definition) is 1. The number of aromatic nitrogens is 1. The van der Waals surface area contributed by atoms with E-state index >= 15 is 0 Å². The highest BCUT2D eigenvalue weighted by molar-refractivity contribution is 5.91. The van der Waals surface area contributed by atoms with Crippen LogP contribution in [0, 0.1) is 18.3 Å². The Bertz CT molecular complexity index is 1300. The van der Waals surface area contributed by atoms with Crippen LogP contribution in [0.15, 0.2) is 36.5 Å². The molecule has 0 aliphatic carbocycles. The van der Waals surface area contributed by atoms with Gasteiger partial charge in [0.25, 0.3) is 5.91 Å². The van der Waals surface area contributed by atoms with Gasteiger partial charge in [-0.15, -0.1) is 0 Å². The van der Waals surface area contributed by atoms with Gasteiger partial charge >= 0.3 is 12.1 Å². The highest BCUT2D eigenvalue weighted by Gasteiger charge is 2.68. The summed E-state index contributed by atoms with van der Waals surface area (Å²) < 4.78 is 58.3. The quantitative estimate of drug-likeness (QED) is 0.404. The van der Waals surface area contributed by atoms with Crippen LogP contribution in [0.5, 0.6) is 5.88 Å². The minimum absolute atomic E-state index is 0.0342. The SMILES string of the molecule is CC[C@@]1(C(=O)O)[C@@H](C(C)(C)C)[C@H](OCc2cc(C(F)(F)F)cnc2OC)[C@H](c2ccccc2C)N1C(=O)C1CCCO1. The van der Waals surface area contributed by atoms with Crippen LogP contribution in [0.1, 0.15) is 75.3 Å². The minimum atomic E-state index is -4.63. The second-order valence-corrected chi connectivity index (χ2v) is 12.1. The topological polar surface area (TPSA) is 98.2 Å². The van der Waals surface area contributed by atoms with Gasteiger partial charge in [-0.3, -0.25) is 4.79 Å². The Balaban J connectivity index is 1.93. The van der Waals surface area contributed by atoms with Gasteiger partial charge in [0.1, 0.15) is 11.6 Å². The zero-order valence-electron chi connectivity index (χ0n) is 24.8. The zero-order valence-corrected chi connectivity index (χ0v) is 24.8. The highest BCUT2D eigenvalue weighted by atomic mass is 19.4. The van der Waals surface area contributed by atoms with Crippen LogP contribution in [0.25, 0.3) is 0 Å². The number of amides is 1. The number of methoxy groups -OCH3 is 1. The van der Waals surface area contributed by atoms with Gasteiger partial charge in [0, 0.05) is 24.3 Å². The Labute approximate surface area is 244 Å². The number of pyridine rings is 1. The first-order valence-corrected chi connectivity index (χ1v) is 14.1. The number of carboxylic acids is 1. The third-order valence-corrected chi connectivity index (χ3v) is 8.53. The number of aliphatic carboxylic acids is 1. The van der Waals surface area contributed by atoms with Gasteiger partial charge in [-0.2, -0.15) is 13.2 Å². The molecule has 42 heavy (non-hydrogen) atoms. The molecule has 11 heteroatoms. The molecule has 0 bridgehead atoms. The van der Waals surface area contributed by atoms with Crippen LogP contribution in [-0.4, -0.2) is 58.3 Å². The number of benzene rings is 1. The van der Waals surface area contributed by atoms with Crippen LogP contribution in [-0.2, 0) is 31.8 Å². The number of nitrogens with zero attached hydrogens (tertiary/aromatic N) is 2. The number of alkyl halides is 3. The lowest BCUT2D eigenvalue weighted by molar-refractivity contribution is -0.167. The summed E-state index contributed by atoms with van der Waals surface area (Å²) in [6.45, 7) is 9.34. The van der Waals surface area contributed by atoms with Crippen molar-refractivity contribution in [3.63, 3.8) is 0 Å². The Kier molecular flexibility index (Phi) is 8.95. The number of carboxylic acid groups (broad SMARTS) is 1. The van der Waals surface area contributed by atoms with Crippen LogP contribution >= 0.6 is 0 Å². The molecule has 2 fully saturated rings. The van der Waals surface area contributed by atoms with Gasteiger partial charge < -0.3 is 24.2 Å². The molecule has 2 saturated heterocycles. The van der Waals surface area contributed by atoms with E-state index in [1.807, 2.05) is 52.0 Å². The van der Waals surface area contributed by atoms with Gasteiger partial charge in [0.15, 0.2) is 0 Å². The molecule has 1 aromatic carbocycles. The molecule has 8 nitrogen and oxygen atoms in total. The maximum Gasteiger partial charge on any atom is 0.417 e. The smallest absolute Gasteiger partial charge is 0.417 e. The number of carbonyl (C=O) groups is 2. The summed E-state index contributed by atoms with van der Waals surface area (Å²) in [4.78, 5) is 33.0. The van der Waals surface area contributed by atoms with Gasteiger partial charge in [0.2, 0.25) is 5.88 Å². The summed E-state index contributed by atoms with van der Waals surface area (Å²) in [5, 5.41) is 11.0. The summed E-state index contributed by atoms with van der Waals surface area (Å²) in [7, 11) is 1.30. The van der Waals surface area contributed by atoms with E-state index in [-0.39, 0.29) is 24.5 Å². The molecule has 0 radical (unpaired) electrons. The van der Waals surface area contributed by atoms with Gasteiger partial charge in [-0.05, 0) is 48.8 Å². The largest absolute Gasteiger partial charge is 0.481 e. The Hall–Kier alpha value is -3.18. The van der Waals surface area contributed by atoms with E-state index in [0.29, 0.717) is 31.2 Å². The number of carbonyl (C=O) groups excluding carboxylic acids is 1. The Morgan fingerprint density at radius 3 is 2.43 bits per heavy atom. The van der Waals surface area contributed by atoms with Crippen molar-refractivity contribution >= 4 is 11.9 Å². The molecule has 1 unspecified atom stereocenters. The van der Waals surface area contributed by atoms with Crippen molar-refractivity contribution in [2.45, 2.75) is 90.5 Å². The number of halogens is 3. The van der Waals surface area contributed by atoms with Crippen molar-refractivity contribution in [3.8, 4) is 5.88 Å². The van der Waals surface area contributed by atoms with Crippen LogP contribution in [0.2, 0.25) is 0 Å². The minimum Gasteiger partial charge on any atom is -0.481 e. The Morgan fingerprint density at radius 1 is 1.21 bits per heavy atom. The molecule has 230 valence electrons. The second kappa shape index (κ2) is 11.8. The van der Waals surface area contributed by atoms with Gasteiger partial charge in [-0.1, -0.05) is 52.0 Å². The molecule has 3 heterocycles. The third kappa shape index (κ3) is 5.60. The average molecular weight is 593 g/mol. The summed E-state index contributed by atoms with van der Waals surface area (Å²) in [5.74, 6) is -2.39. The van der Waals surface area contributed by atoms with Crippen molar-refractivity contribution in [3.05, 3.63) is 58.8 Å². The highest BCUT2D eigenvalue weighted by Crippen LogP contribution is 2.57. The first kappa shape index (κ1) is 31.7. The summed E-state index contributed by atoms with van der Waals surface area (Å²) in [6, 6.07) is 7.45. The number of ether oxygens (including phenoxy) is 3. The van der Waals surface area contributed by atoms with Crippen molar-refractivity contribution in [2.75, 3.05) is 13.7 Å². The summed E-state index contributed by atoms with van der Waals surface area (Å²) in [6.07, 6.45) is -4.42. The molecule has 2 aromatic rings. The Morgan fingerprint density at radius 2 is 1.90 bits per heavy atom. The predicted molar refractivity (Wildman–Crippen MR) is 148 cm³/mol. The number of hydrogen-bond acceptors (Lipinski definition) is 6. The fraction of sp³-hybridized carbons (Fsp3) is 0.581. The predicted octanol–water partition coefficient (Wildman–Crippen LogP) is 5.96. The van der Waals surface area contributed by atoms with E-state index in [4.69, 9.17) is 14.2 Å². The molecule has 1 N–H and O–H groups in total. The van der Waals surface area contributed by atoms with Crippen molar-refractivity contribution in [2.24, 2.45) is 11.3 Å². The maximum absolute atomic E-state index is 14.3. The van der Waals surface area contributed by atoms with E-state index in [9.17, 15) is 27.9 Å². The lowest BCUT2D eigenvalue weighted by Crippen LogP contribution is -2.60. The number of rotatable bonds is 8. The first-order chi connectivity index (χ1) is 19.7. The molecular formula is C31H39F3N2O6. The molecule has 4 rings (SSSR count). The molecule has 5 atom stereocenters. The van der Waals surface area contributed by atoms with E-state index in [1.165, 1.54) is 12.0 Å². The molecule has 2 aliphatic rings. The van der Waals surface area contributed by atoms with Crippen LogP contribution in [0.3, 0.4) is 0 Å². The fourth-order valence-electron chi connectivity index (χ4n) is 6.80. The van der Waals surface area contributed by atoms with Crippen LogP contribution in [0.4, 0.5) is 13.2 Å². The van der Waals surface area contributed by atoms with E-state index in [0.717, 1.165) is 11.6 Å². The monoisotopic (exact) mass is 592 g/mol. The van der Waals surface area contributed by atoms with Crippen molar-refractivity contribution in [1.82, 2.24) is 9.88 Å². The van der Waals surface area contributed by atoms with E-state index < -0.39 is 58.7 Å². The van der Waals surface area contributed by atoms with E-state index in [2.05, 4.69) is 4.98 Å². The molecule has 2 aliphatic heterocycles. The summed E-state index contributed by atoms with van der Waals surface area (Å²) >= 11 is 0. The van der Waals surface area contributed by atoms with Gasteiger partial charge in [0.05, 0.1) is 31.4 Å². The zero-order chi connectivity index (χ0) is 31.0. The molecule has 0 saturated carbocycles. The van der Waals surface area contributed by atoms with Crippen molar-refractivity contribution < 1.29 is 42.1 Å². The second-order valence-electron chi connectivity index (χ2n) is 12.1. The van der Waals surface area contributed by atoms with Crippen LogP contribution < -0.4 is 4.74 Å². The third-order valence-electron chi connectivity index (χ3n) is 8.53. The number of aryl methyl sites for hydroxylation is 1.